The lowest BCUT2D eigenvalue weighted by Gasteiger charge is -2.42. The van der Waals surface area contributed by atoms with E-state index in [2.05, 4.69) is 5.32 Å². The lowest BCUT2D eigenvalue weighted by molar-refractivity contribution is -0.128. The molecule has 0 radical (unpaired) electrons. The third-order valence-corrected chi connectivity index (χ3v) is 7.31. The first-order chi connectivity index (χ1) is 18.2. The minimum absolute atomic E-state index is 0.0219. The van der Waals surface area contributed by atoms with Gasteiger partial charge in [0.2, 0.25) is 5.91 Å². The van der Waals surface area contributed by atoms with Crippen molar-refractivity contribution in [1.29, 1.82) is 0 Å². The highest BCUT2D eigenvalue weighted by Crippen LogP contribution is 2.47. The summed E-state index contributed by atoms with van der Waals surface area (Å²) in [5.41, 5.74) is -0.954. The maximum Gasteiger partial charge on any atom is 0.414 e. The van der Waals surface area contributed by atoms with Crippen LogP contribution in [0.4, 0.5) is 20.6 Å². The number of anilines is 2. The average molecular weight is 562 g/mol. The lowest BCUT2D eigenvalue weighted by atomic mass is 9.88. The summed E-state index contributed by atoms with van der Waals surface area (Å²) in [6.07, 6.45) is 0.460. The topological polar surface area (TPSA) is 108 Å². The van der Waals surface area contributed by atoms with Crippen LogP contribution >= 0.6 is 11.6 Å². The number of aromatic carboxylic acids is 1. The molecule has 0 spiro atoms. The number of hydrogen-bond acceptors (Lipinski definition) is 6. The van der Waals surface area contributed by atoms with Crippen molar-refractivity contribution < 1.29 is 33.4 Å². The fraction of sp³-hybridized carbons (Fsp3) is 0.464. The predicted octanol–water partition coefficient (Wildman–Crippen LogP) is 5.65. The minimum atomic E-state index is -1.22. The van der Waals surface area contributed by atoms with Crippen molar-refractivity contribution in [3.05, 3.63) is 52.3 Å². The van der Waals surface area contributed by atoms with E-state index in [0.29, 0.717) is 42.9 Å². The number of carboxylic acid groups (broad SMARTS) is 1. The number of nitrogens with one attached hydrogen (secondary N) is 1. The number of piperidine rings is 1. The molecule has 0 bridgehead atoms. The van der Waals surface area contributed by atoms with Crippen LogP contribution in [0, 0.1) is 5.82 Å². The van der Waals surface area contributed by atoms with Crippen molar-refractivity contribution in [2.24, 2.45) is 0 Å². The number of hydrogen-bond donors (Lipinski definition) is 2. The van der Waals surface area contributed by atoms with E-state index >= 15 is 4.39 Å². The zero-order chi connectivity index (χ0) is 28.7. The highest BCUT2D eigenvalue weighted by atomic mass is 35.5. The van der Waals surface area contributed by atoms with Crippen LogP contribution in [0.3, 0.4) is 0 Å². The number of carboxylic acids is 1. The molecule has 2 heterocycles. The number of halogens is 2. The first-order valence-electron chi connectivity index (χ1n) is 12.8. The van der Waals surface area contributed by atoms with Gasteiger partial charge in [0.15, 0.2) is 0 Å². The molecular weight excluding hydrogens is 529 g/mol. The van der Waals surface area contributed by atoms with Gasteiger partial charge in [-0.25, -0.2) is 14.0 Å². The van der Waals surface area contributed by atoms with E-state index in [0.717, 1.165) is 0 Å². The highest BCUT2D eigenvalue weighted by Gasteiger charge is 2.50. The van der Waals surface area contributed by atoms with Gasteiger partial charge in [-0.1, -0.05) is 11.6 Å². The fourth-order valence-corrected chi connectivity index (χ4v) is 5.33. The molecule has 39 heavy (non-hydrogen) atoms. The number of amides is 2. The van der Waals surface area contributed by atoms with E-state index in [4.69, 9.17) is 21.1 Å². The van der Waals surface area contributed by atoms with Crippen molar-refractivity contribution in [2.45, 2.75) is 64.7 Å². The Hall–Kier alpha value is -3.37. The van der Waals surface area contributed by atoms with Crippen molar-refractivity contribution in [1.82, 2.24) is 4.90 Å². The molecule has 2 aromatic carbocycles. The second-order valence-electron chi connectivity index (χ2n) is 10.9. The normalized spacial score (nSPS) is 21.2. The standard InChI is InChI=1S/C28H33ClFN3O6/c1-6-33(26(37)39-27(2,3)4)22-13-16(30)12-20-23(22)31-25(36)28(20,5)32-11-7-8-18(15-32)38-17-9-10-19(24(34)35)21(29)14-17/h9-10,12-14,18H,6-8,11,15H2,1-5H3,(H,31,36)(H,34,35)/t18-,28?/m1/s1. The number of likely N-dealkylation sites (tertiary alicyclic amines) is 1. The van der Waals surface area contributed by atoms with Crippen molar-refractivity contribution in [2.75, 3.05) is 29.9 Å². The third-order valence-electron chi connectivity index (χ3n) is 6.99. The summed E-state index contributed by atoms with van der Waals surface area (Å²) >= 11 is 6.10. The number of carbonyl (C=O) groups excluding carboxylic acids is 2. The molecular formula is C28H33ClFN3O6. The smallest absolute Gasteiger partial charge is 0.414 e. The van der Waals surface area contributed by atoms with E-state index in [1.165, 1.54) is 29.2 Å². The number of ether oxygens (including phenoxy) is 2. The predicted molar refractivity (Wildman–Crippen MR) is 145 cm³/mol. The largest absolute Gasteiger partial charge is 0.489 e. The summed E-state index contributed by atoms with van der Waals surface area (Å²) in [5, 5.41) is 12.2. The zero-order valence-electron chi connectivity index (χ0n) is 22.6. The molecule has 2 aliphatic rings. The summed E-state index contributed by atoms with van der Waals surface area (Å²) in [7, 11) is 0. The van der Waals surface area contributed by atoms with Crippen LogP contribution < -0.4 is 15.0 Å². The van der Waals surface area contributed by atoms with E-state index in [9.17, 15) is 19.5 Å². The van der Waals surface area contributed by atoms with Gasteiger partial charge in [-0.15, -0.1) is 0 Å². The Labute approximate surface area is 231 Å². The molecule has 9 nitrogen and oxygen atoms in total. The van der Waals surface area contributed by atoms with Gasteiger partial charge in [0.1, 0.15) is 28.8 Å². The van der Waals surface area contributed by atoms with Crippen LogP contribution in [0.5, 0.6) is 5.75 Å². The quantitative estimate of drug-likeness (QED) is 0.469. The maximum atomic E-state index is 15.0. The second-order valence-corrected chi connectivity index (χ2v) is 11.3. The van der Waals surface area contributed by atoms with Gasteiger partial charge in [-0.05, 0) is 84.3 Å². The van der Waals surface area contributed by atoms with Gasteiger partial charge in [0.25, 0.3) is 0 Å². The summed E-state index contributed by atoms with van der Waals surface area (Å²) in [6, 6.07) is 6.95. The van der Waals surface area contributed by atoms with Gasteiger partial charge in [0.05, 0.1) is 22.0 Å². The van der Waals surface area contributed by atoms with E-state index in [-0.39, 0.29) is 34.8 Å². The van der Waals surface area contributed by atoms with Gasteiger partial charge in [-0.3, -0.25) is 14.6 Å². The molecule has 1 saturated heterocycles. The van der Waals surface area contributed by atoms with E-state index in [1.807, 2.05) is 4.90 Å². The molecule has 0 aromatic heterocycles. The number of carbonyl (C=O) groups is 3. The Kier molecular flexibility index (Phi) is 7.82. The fourth-order valence-electron chi connectivity index (χ4n) is 5.08. The Morgan fingerprint density at radius 2 is 2.00 bits per heavy atom. The maximum absolute atomic E-state index is 15.0. The first-order valence-corrected chi connectivity index (χ1v) is 13.2. The Bertz CT molecular complexity index is 1310. The molecule has 2 aromatic rings. The van der Waals surface area contributed by atoms with E-state index in [1.54, 1.807) is 40.7 Å². The molecule has 2 aliphatic heterocycles. The summed E-state index contributed by atoms with van der Waals surface area (Å²) in [6.45, 7) is 9.86. The van der Waals surface area contributed by atoms with Crippen molar-refractivity contribution >= 4 is 40.9 Å². The van der Waals surface area contributed by atoms with Gasteiger partial charge in [0, 0.05) is 18.7 Å². The summed E-state index contributed by atoms with van der Waals surface area (Å²) in [4.78, 5) is 41.0. The monoisotopic (exact) mass is 561 g/mol. The minimum Gasteiger partial charge on any atom is -0.489 e. The van der Waals surface area contributed by atoms with Crippen LogP contribution in [-0.2, 0) is 15.1 Å². The van der Waals surface area contributed by atoms with Crippen LogP contribution in [0.1, 0.15) is 63.4 Å². The summed E-state index contributed by atoms with van der Waals surface area (Å²) < 4.78 is 26.7. The molecule has 0 saturated carbocycles. The third kappa shape index (κ3) is 5.67. The SMILES string of the molecule is CCN(C(=O)OC(C)(C)C)c1cc(F)cc2c1NC(=O)C2(C)N1CCC[C@@H](Oc2ccc(C(=O)O)c(Cl)c2)C1. The number of benzene rings is 2. The molecule has 210 valence electrons. The first kappa shape index (κ1) is 28.6. The molecule has 1 unspecified atom stereocenters. The number of nitrogens with zero attached hydrogens (tertiary/aromatic N) is 2. The van der Waals surface area contributed by atoms with Gasteiger partial charge in [-0.2, -0.15) is 0 Å². The Morgan fingerprint density at radius 3 is 2.62 bits per heavy atom. The van der Waals surface area contributed by atoms with Gasteiger partial charge >= 0.3 is 12.1 Å². The van der Waals surface area contributed by atoms with Crippen LogP contribution in [0.2, 0.25) is 5.02 Å². The van der Waals surface area contributed by atoms with E-state index < -0.39 is 29.0 Å². The molecule has 2 N–H and O–H groups in total. The van der Waals surface area contributed by atoms with Gasteiger partial charge < -0.3 is 19.9 Å². The molecule has 4 rings (SSSR count). The number of fused-ring (bicyclic) bond motifs is 1. The average Bonchev–Trinajstić information content (AvgIpc) is 3.09. The van der Waals surface area contributed by atoms with Crippen LogP contribution in [0.25, 0.3) is 0 Å². The second kappa shape index (κ2) is 10.7. The molecule has 0 aliphatic carbocycles. The van der Waals surface area contributed by atoms with Crippen LogP contribution in [0.15, 0.2) is 30.3 Å². The molecule has 1 fully saturated rings. The molecule has 2 amide bonds. The molecule has 11 heteroatoms. The zero-order valence-corrected chi connectivity index (χ0v) is 23.4. The number of rotatable bonds is 6. The highest BCUT2D eigenvalue weighted by molar-refractivity contribution is 6.33. The Balaban J connectivity index is 1.63. The molecule has 2 atom stereocenters. The summed E-state index contributed by atoms with van der Waals surface area (Å²) in [5.74, 6) is -1.62. The lowest BCUT2D eigenvalue weighted by Crippen LogP contribution is -2.54. The van der Waals surface area contributed by atoms with Crippen molar-refractivity contribution in [3.8, 4) is 5.75 Å². The van der Waals surface area contributed by atoms with Crippen LogP contribution in [-0.4, -0.2) is 59.3 Å². The van der Waals surface area contributed by atoms with Crippen molar-refractivity contribution in [3.63, 3.8) is 0 Å². The Morgan fingerprint density at radius 1 is 1.28 bits per heavy atom.